The predicted molar refractivity (Wildman–Crippen MR) is 125 cm³/mol. The van der Waals surface area contributed by atoms with E-state index in [1.54, 1.807) is 36.5 Å². The third-order valence-electron chi connectivity index (χ3n) is 5.27. The van der Waals surface area contributed by atoms with Gasteiger partial charge in [0.25, 0.3) is 11.8 Å². The van der Waals surface area contributed by atoms with Crippen LogP contribution in [-0.2, 0) is 11.2 Å². The Morgan fingerprint density at radius 1 is 0.853 bits per heavy atom. The average Bonchev–Trinajstić information content (AvgIpc) is 2.84. The molecule has 0 fully saturated rings. The number of hydrogen-bond acceptors (Lipinski definition) is 4. The number of benzene rings is 3. The van der Waals surface area contributed by atoms with Gasteiger partial charge in [-0.25, -0.2) is 9.18 Å². The van der Waals surface area contributed by atoms with Crippen molar-refractivity contribution in [3.05, 3.63) is 108 Å². The maximum Gasteiger partial charge on any atom is 0.326 e. The van der Waals surface area contributed by atoms with Crippen molar-refractivity contribution in [3.8, 4) is 0 Å². The summed E-state index contributed by atoms with van der Waals surface area (Å²) >= 11 is 0. The lowest BCUT2D eigenvalue weighted by atomic mass is 10.0. The second-order valence-electron chi connectivity index (χ2n) is 7.57. The molecule has 0 bridgehead atoms. The van der Waals surface area contributed by atoms with Crippen molar-refractivity contribution in [3.63, 3.8) is 0 Å². The van der Waals surface area contributed by atoms with Crippen molar-refractivity contribution < 1.29 is 23.9 Å². The average molecular weight is 457 g/mol. The van der Waals surface area contributed by atoms with Crippen LogP contribution < -0.4 is 10.6 Å². The molecule has 2 amide bonds. The van der Waals surface area contributed by atoms with E-state index in [1.807, 2.05) is 24.3 Å². The quantitative estimate of drug-likeness (QED) is 0.388. The zero-order valence-corrected chi connectivity index (χ0v) is 17.9. The summed E-state index contributed by atoms with van der Waals surface area (Å²) in [5, 5.41) is 15.4. The monoisotopic (exact) mass is 457 g/mol. The number of nitrogens with one attached hydrogen (secondary N) is 2. The van der Waals surface area contributed by atoms with E-state index in [9.17, 15) is 23.9 Å². The number of halogens is 1. The Morgan fingerprint density at radius 3 is 2.29 bits per heavy atom. The number of anilines is 1. The van der Waals surface area contributed by atoms with Gasteiger partial charge in [0.2, 0.25) is 0 Å². The highest BCUT2D eigenvalue weighted by Gasteiger charge is 2.22. The Bertz CT molecular complexity index is 1370. The van der Waals surface area contributed by atoms with E-state index in [1.165, 1.54) is 18.2 Å². The van der Waals surface area contributed by atoms with E-state index in [-0.39, 0.29) is 17.9 Å². The predicted octanol–water partition coefficient (Wildman–Crippen LogP) is 4.05. The van der Waals surface area contributed by atoms with Crippen LogP contribution in [0.25, 0.3) is 10.9 Å². The standard InChI is InChI=1S/C26H20FN3O4/c27-21-7-3-1-6-20(21)25(32)30-23(26(33)34)15-16-9-11-17(12-10-16)29-24(31)19-13-14-28-22-8-4-2-5-18(19)22/h1-14,23H,15H2,(H,29,31)(H,30,32)(H,33,34)/t23-/m0/s1. The first-order chi connectivity index (χ1) is 16.4. The molecule has 1 aromatic heterocycles. The zero-order valence-electron chi connectivity index (χ0n) is 17.9. The topological polar surface area (TPSA) is 108 Å². The van der Waals surface area contributed by atoms with Crippen LogP contribution >= 0.6 is 0 Å². The van der Waals surface area contributed by atoms with Gasteiger partial charge < -0.3 is 15.7 Å². The maximum atomic E-state index is 13.8. The first-order valence-corrected chi connectivity index (χ1v) is 10.4. The van der Waals surface area contributed by atoms with E-state index in [4.69, 9.17) is 0 Å². The Kier molecular flexibility index (Phi) is 6.59. The number of carbonyl (C=O) groups excluding carboxylic acids is 2. The van der Waals surface area contributed by atoms with E-state index in [0.717, 1.165) is 11.5 Å². The van der Waals surface area contributed by atoms with Gasteiger partial charge in [-0.3, -0.25) is 14.6 Å². The molecule has 0 spiro atoms. The lowest BCUT2D eigenvalue weighted by Crippen LogP contribution is -2.42. The fourth-order valence-corrected chi connectivity index (χ4v) is 3.53. The molecule has 4 aromatic rings. The molecular formula is C26H20FN3O4. The van der Waals surface area contributed by atoms with Gasteiger partial charge in [-0.2, -0.15) is 0 Å². The highest BCUT2D eigenvalue weighted by atomic mass is 19.1. The number of nitrogens with zero attached hydrogens (tertiary/aromatic N) is 1. The van der Waals surface area contributed by atoms with Gasteiger partial charge in [0.05, 0.1) is 16.6 Å². The summed E-state index contributed by atoms with van der Waals surface area (Å²) in [5.74, 6) is -3.08. The molecule has 3 aromatic carbocycles. The third kappa shape index (κ3) is 5.07. The van der Waals surface area contributed by atoms with Crippen LogP contribution in [0.3, 0.4) is 0 Å². The van der Waals surface area contributed by atoms with Gasteiger partial charge in [0, 0.05) is 23.7 Å². The van der Waals surface area contributed by atoms with Gasteiger partial charge in [-0.05, 0) is 42.0 Å². The lowest BCUT2D eigenvalue weighted by molar-refractivity contribution is -0.139. The number of rotatable bonds is 7. The van der Waals surface area contributed by atoms with Crippen LogP contribution in [0.4, 0.5) is 10.1 Å². The smallest absolute Gasteiger partial charge is 0.326 e. The minimum Gasteiger partial charge on any atom is -0.480 e. The molecule has 0 unspecified atom stereocenters. The number of hydrogen-bond donors (Lipinski definition) is 3. The summed E-state index contributed by atoms with van der Waals surface area (Å²) in [6.45, 7) is 0. The largest absolute Gasteiger partial charge is 0.480 e. The van der Waals surface area contributed by atoms with Crippen molar-refractivity contribution in [2.75, 3.05) is 5.32 Å². The number of carboxylic acids is 1. The molecule has 0 aliphatic rings. The summed E-state index contributed by atoms with van der Waals surface area (Å²) in [6.07, 6.45) is 1.56. The number of carboxylic acid groups (broad SMARTS) is 1. The molecule has 1 atom stereocenters. The Hall–Kier alpha value is -4.59. The van der Waals surface area contributed by atoms with E-state index in [0.29, 0.717) is 22.3 Å². The Morgan fingerprint density at radius 2 is 1.56 bits per heavy atom. The van der Waals surface area contributed by atoms with Crippen molar-refractivity contribution >= 4 is 34.4 Å². The molecule has 170 valence electrons. The van der Waals surface area contributed by atoms with Crippen molar-refractivity contribution in [2.24, 2.45) is 0 Å². The van der Waals surface area contributed by atoms with Gasteiger partial charge >= 0.3 is 5.97 Å². The molecule has 34 heavy (non-hydrogen) atoms. The molecule has 1 heterocycles. The number of pyridine rings is 1. The molecule has 7 nitrogen and oxygen atoms in total. The van der Waals surface area contributed by atoms with E-state index < -0.39 is 23.7 Å². The first kappa shape index (κ1) is 22.6. The third-order valence-corrected chi connectivity index (χ3v) is 5.27. The molecule has 0 aliphatic heterocycles. The number of para-hydroxylation sites is 1. The van der Waals surface area contributed by atoms with Crippen LogP contribution in [0.15, 0.2) is 85.1 Å². The molecular weight excluding hydrogens is 437 g/mol. The van der Waals surface area contributed by atoms with Gasteiger partial charge in [-0.1, -0.05) is 42.5 Å². The van der Waals surface area contributed by atoms with Crippen LogP contribution in [0, 0.1) is 5.82 Å². The van der Waals surface area contributed by atoms with Crippen molar-refractivity contribution in [1.82, 2.24) is 10.3 Å². The molecule has 8 heteroatoms. The number of fused-ring (bicyclic) bond motifs is 1. The second-order valence-corrected chi connectivity index (χ2v) is 7.57. The summed E-state index contributed by atoms with van der Waals surface area (Å²) in [7, 11) is 0. The highest BCUT2D eigenvalue weighted by molar-refractivity contribution is 6.12. The van der Waals surface area contributed by atoms with Gasteiger partial charge in [-0.15, -0.1) is 0 Å². The van der Waals surface area contributed by atoms with Crippen LogP contribution in [0.5, 0.6) is 0 Å². The minimum absolute atomic E-state index is 0.0151. The van der Waals surface area contributed by atoms with E-state index in [2.05, 4.69) is 15.6 Å². The Balaban J connectivity index is 1.44. The van der Waals surface area contributed by atoms with Gasteiger partial charge in [0.15, 0.2) is 0 Å². The normalized spacial score (nSPS) is 11.6. The summed E-state index contributed by atoms with van der Waals surface area (Å²) < 4.78 is 13.8. The zero-order chi connectivity index (χ0) is 24.1. The molecule has 0 saturated heterocycles. The molecule has 0 aliphatic carbocycles. The summed E-state index contributed by atoms with van der Waals surface area (Å²) in [4.78, 5) is 41.0. The summed E-state index contributed by atoms with van der Waals surface area (Å²) in [5.41, 5.74) is 2.11. The molecule has 4 rings (SSSR count). The van der Waals surface area contributed by atoms with Crippen molar-refractivity contribution in [1.29, 1.82) is 0 Å². The maximum absolute atomic E-state index is 13.8. The lowest BCUT2D eigenvalue weighted by Gasteiger charge is -2.15. The number of amides is 2. The Labute approximate surface area is 194 Å². The number of aliphatic carboxylic acids is 1. The van der Waals surface area contributed by atoms with Crippen LogP contribution in [-0.4, -0.2) is 33.9 Å². The molecule has 0 radical (unpaired) electrons. The highest BCUT2D eigenvalue weighted by Crippen LogP contribution is 2.19. The SMILES string of the molecule is O=C(N[C@@H](Cc1ccc(NC(=O)c2ccnc3ccccc23)cc1)C(=O)O)c1ccccc1F. The van der Waals surface area contributed by atoms with Crippen LogP contribution in [0.1, 0.15) is 26.3 Å². The van der Waals surface area contributed by atoms with Gasteiger partial charge in [0.1, 0.15) is 11.9 Å². The van der Waals surface area contributed by atoms with Crippen molar-refractivity contribution in [2.45, 2.75) is 12.5 Å². The second kappa shape index (κ2) is 9.91. The fraction of sp³-hybridized carbons (Fsp3) is 0.0769. The van der Waals surface area contributed by atoms with Crippen LogP contribution in [0.2, 0.25) is 0 Å². The number of aromatic nitrogens is 1. The first-order valence-electron chi connectivity index (χ1n) is 10.4. The number of carbonyl (C=O) groups is 3. The molecule has 0 saturated carbocycles. The minimum atomic E-state index is -1.25. The summed E-state index contributed by atoms with van der Waals surface area (Å²) in [6, 6.07) is 19.7. The molecule has 3 N–H and O–H groups in total. The fourth-order valence-electron chi connectivity index (χ4n) is 3.53. The van der Waals surface area contributed by atoms with E-state index >= 15 is 0 Å².